The molecule has 2 N–H and O–H groups in total. The Balaban J connectivity index is 1.42. The molecule has 6 nitrogen and oxygen atoms in total. The molecule has 0 saturated heterocycles. The molecule has 23 heavy (non-hydrogen) atoms. The van der Waals surface area contributed by atoms with Crippen molar-refractivity contribution < 1.29 is 19.1 Å². The van der Waals surface area contributed by atoms with Crippen molar-refractivity contribution in [3.8, 4) is 11.5 Å². The van der Waals surface area contributed by atoms with Gasteiger partial charge in [0.05, 0.1) is 6.54 Å². The topological polar surface area (TPSA) is 76.7 Å². The van der Waals surface area contributed by atoms with Crippen LogP contribution in [0.15, 0.2) is 35.7 Å². The van der Waals surface area contributed by atoms with Crippen LogP contribution in [0.4, 0.5) is 0 Å². The van der Waals surface area contributed by atoms with Crippen LogP contribution in [0.1, 0.15) is 15.2 Å². The smallest absolute Gasteiger partial charge is 0.251 e. The highest BCUT2D eigenvalue weighted by atomic mass is 32.1. The maximum atomic E-state index is 12.0. The molecule has 2 amide bonds. The molecular weight excluding hydrogens is 316 g/mol. The first-order valence-corrected chi connectivity index (χ1v) is 8.07. The Morgan fingerprint density at radius 1 is 1.13 bits per heavy atom. The predicted octanol–water partition coefficient (Wildman–Crippen LogP) is 1.57. The third-order valence-electron chi connectivity index (χ3n) is 3.32. The number of amides is 2. The molecule has 1 aromatic carbocycles. The number of nitrogens with one attached hydrogen (secondary N) is 2. The van der Waals surface area contributed by atoms with E-state index in [0.717, 1.165) is 6.42 Å². The van der Waals surface area contributed by atoms with E-state index in [1.807, 2.05) is 17.5 Å². The second-order valence-electron chi connectivity index (χ2n) is 4.93. The molecule has 0 saturated carbocycles. The first kappa shape index (κ1) is 15.4. The summed E-state index contributed by atoms with van der Waals surface area (Å²) < 4.78 is 10.4. The van der Waals surface area contributed by atoms with Gasteiger partial charge in [0.2, 0.25) is 12.7 Å². The van der Waals surface area contributed by atoms with Crippen LogP contribution < -0.4 is 20.1 Å². The molecule has 1 aliphatic rings. The third kappa shape index (κ3) is 4.01. The Morgan fingerprint density at radius 3 is 2.83 bits per heavy atom. The van der Waals surface area contributed by atoms with E-state index in [1.54, 1.807) is 29.5 Å². The zero-order chi connectivity index (χ0) is 16.1. The van der Waals surface area contributed by atoms with Gasteiger partial charge in [0.15, 0.2) is 11.5 Å². The molecule has 3 rings (SSSR count). The Bertz CT molecular complexity index is 700. The van der Waals surface area contributed by atoms with Crippen molar-refractivity contribution in [2.75, 3.05) is 19.9 Å². The number of hydrogen-bond acceptors (Lipinski definition) is 5. The number of fused-ring (bicyclic) bond motifs is 1. The minimum absolute atomic E-state index is 0.0578. The summed E-state index contributed by atoms with van der Waals surface area (Å²) in [5.41, 5.74) is 0.431. The van der Waals surface area contributed by atoms with Crippen molar-refractivity contribution in [2.24, 2.45) is 0 Å². The Hall–Kier alpha value is -2.54. The van der Waals surface area contributed by atoms with E-state index >= 15 is 0 Å². The van der Waals surface area contributed by atoms with E-state index in [9.17, 15) is 9.59 Å². The molecule has 0 spiro atoms. The van der Waals surface area contributed by atoms with Gasteiger partial charge in [-0.3, -0.25) is 9.59 Å². The Labute approximate surface area is 137 Å². The van der Waals surface area contributed by atoms with Gasteiger partial charge >= 0.3 is 0 Å². The van der Waals surface area contributed by atoms with Gasteiger partial charge in [-0.15, -0.1) is 11.3 Å². The highest BCUT2D eigenvalue weighted by Gasteiger charge is 2.16. The highest BCUT2D eigenvalue weighted by Crippen LogP contribution is 2.32. The molecule has 1 aliphatic heterocycles. The largest absolute Gasteiger partial charge is 0.454 e. The first-order chi connectivity index (χ1) is 11.2. The fourth-order valence-corrected chi connectivity index (χ4v) is 2.85. The summed E-state index contributed by atoms with van der Waals surface area (Å²) in [6, 6.07) is 8.92. The lowest BCUT2D eigenvalue weighted by atomic mass is 10.2. The summed E-state index contributed by atoms with van der Waals surface area (Å²) in [5, 5.41) is 7.37. The number of hydrogen-bond donors (Lipinski definition) is 2. The first-order valence-electron chi connectivity index (χ1n) is 7.19. The van der Waals surface area contributed by atoms with E-state index in [1.165, 1.54) is 4.88 Å². The van der Waals surface area contributed by atoms with Crippen molar-refractivity contribution >= 4 is 23.2 Å². The highest BCUT2D eigenvalue weighted by molar-refractivity contribution is 7.09. The molecule has 1 aromatic heterocycles. The lowest BCUT2D eigenvalue weighted by Gasteiger charge is -2.07. The van der Waals surface area contributed by atoms with Gasteiger partial charge in [-0.25, -0.2) is 0 Å². The number of thiophene rings is 1. The van der Waals surface area contributed by atoms with E-state index in [2.05, 4.69) is 10.6 Å². The fourth-order valence-electron chi connectivity index (χ4n) is 2.14. The van der Waals surface area contributed by atoms with Gasteiger partial charge in [-0.2, -0.15) is 0 Å². The maximum Gasteiger partial charge on any atom is 0.251 e. The summed E-state index contributed by atoms with van der Waals surface area (Å²) in [6.07, 6.45) is 0.791. The van der Waals surface area contributed by atoms with Crippen LogP contribution in [0.3, 0.4) is 0 Å². The number of carbonyl (C=O) groups excluding carboxylic acids is 2. The van der Waals surface area contributed by atoms with Crippen LogP contribution in [0.2, 0.25) is 0 Å². The van der Waals surface area contributed by atoms with Gasteiger partial charge in [0.25, 0.3) is 5.91 Å². The Kier molecular flexibility index (Phi) is 4.77. The summed E-state index contributed by atoms with van der Waals surface area (Å²) in [6.45, 7) is 0.657. The van der Waals surface area contributed by atoms with E-state index in [4.69, 9.17) is 9.47 Å². The fraction of sp³-hybridized carbons (Fsp3) is 0.250. The predicted molar refractivity (Wildman–Crippen MR) is 85.9 cm³/mol. The molecule has 0 fully saturated rings. The van der Waals surface area contributed by atoms with Crippen molar-refractivity contribution in [3.05, 3.63) is 46.2 Å². The Morgan fingerprint density at radius 2 is 2.00 bits per heavy atom. The molecule has 7 heteroatoms. The molecule has 120 valence electrons. The van der Waals surface area contributed by atoms with Gasteiger partial charge in [-0.1, -0.05) is 6.07 Å². The summed E-state index contributed by atoms with van der Waals surface area (Å²) in [4.78, 5) is 25.0. The lowest BCUT2D eigenvalue weighted by molar-refractivity contribution is -0.120. The number of ether oxygens (including phenoxy) is 2. The normalized spacial score (nSPS) is 12.0. The molecular formula is C16H16N2O4S. The quantitative estimate of drug-likeness (QED) is 0.842. The minimum Gasteiger partial charge on any atom is -0.454 e. The number of benzene rings is 1. The number of carbonyl (C=O) groups is 2. The lowest BCUT2D eigenvalue weighted by Crippen LogP contribution is -2.37. The van der Waals surface area contributed by atoms with Crippen molar-refractivity contribution in [3.63, 3.8) is 0 Å². The summed E-state index contributed by atoms with van der Waals surface area (Å²) in [7, 11) is 0. The van der Waals surface area contributed by atoms with Crippen LogP contribution in [0.25, 0.3) is 0 Å². The molecule has 0 atom stereocenters. The van der Waals surface area contributed by atoms with Gasteiger partial charge in [0.1, 0.15) is 0 Å². The standard InChI is InChI=1S/C16H16N2O4S/c19-15(17-6-5-12-2-1-7-23-12)9-18-16(20)11-3-4-13-14(8-11)22-10-21-13/h1-4,7-8H,5-6,9-10H2,(H,17,19)(H,18,20). The summed E-state index contributed by atoms with van der Waals surface area (Å²) in [5.74, 6) is 0.623. The maximum absolute atomic E-state index is 12.0. The SMILES string of the molecule is O=C(CNC(=O)c1ccc2c(c1)OCO2)NCCc1cccs1. The monoisotopic (exact) mass is 332 g/mol. The van der Waals surface area contributed by atoms with Crippen molar-refractivity contribution in [2.45, 2.75) is 6.42 Å². The summed E-state index contributed by atoms with van der Waals surface area (Å²) >= 11 is 1.66. The van der Waals surface area contributed by atoms with Crippen LogP contribution in [-0.4, -0.2) is 31.7 Å². The van der Waals surface area contributed by atoms with E-state index in [0.29, 0.717) is 23.6 Å². The zero-order valence-corrected chi connectivity index (χ0v) is 13.2. The third-order valence-corrected chi connectivity index (χ3v) is 4.25. The average Bonchev–Trinajstić information content (AvgIpc) is 3.23. The van der Waals surface area contributed by atoms with E-state index < -0.39 is 0 Å². The van der Waals surface area contributed by atoms with Gasteiger partial charge in [-0.05, 0) is 36.1 Å². The molecule has 0 bridgehead atoms. The van der Waals surface area contributed by atoms with Crippen molar-refractivity contribution in [1.82, 2.24) is 10.6 Å². The zero-order valence-electron chi connectivity index (χ0n) is 12.3. The van der Waals surface area contributed by atoms with Gasteiger partial charge < -0.3 is 20.1 Å². The molecule has 0 aliphatic carbocycles. The van der Waals surface area contributed by atoms with Crippen LogP contribution >= 0.6 is 11.3 Å². The molecule has 2 heterocycles. The minimum atomic E-state index is -0.322. The van der Waals surface area contributed by atoms with Crippen LogP contribution in [0, 0.1) is 0 Å². The average molecular weight is 332 g/mol. The molecule has 0 unspecified atom stereocenters. The van der Waals surface area contributed by atoms with Crippen LogP contribution in [0.5, 0.6) is 11.5 Å². The van der Waals surface area contributed by atoms with Crippen molar-refractivity contribution in [1.29, 1.82) is 0 Å². The van der Waals surface area contributed by atoms with Gasteiger partial charge in [0, 0.05) is 17.0 Å². The molecule has 0 radical (unpaired) electrons. The van der Waals surface area contributed by atoms with Crippen LogP contribution in [-0.2, 0) is 11.2 Å². The second kappa shape index (κ2) is 7.15. The second-order valence-corrected chi connectivity index (χ2v) is 5.96. The molecule has 2 aromatic rings. The van der Waals surface area contributed by atoms with E-state index in [-0.39, 0.29) is 25.2 Å². The number of rotatable bonds is 6.